The fourth-order valence-corrected chi connectivity index (χ4v) is 1.53. The molecular weight excluding hydrogens is 213 g/mol. The van der Waals surface area contributed by atoms with Crippen LogP contribution in [0.15, 0.2) is 18.5 Å². The van der Waals surface area contributed by atoms with Gasteiger partial charge in [0.2, 0.25) is 5.91 Å². The summed E-state index contributed by atoms with van der Waals surface area (Å²) in [4.78, 5) is 26.1. The second-order valence-electron chi connectivity index (χ2n) is 3.53. The van der Waals surface area contributed by atoms with Crippen molar-refractivity contribution in [2.24, 2.45) is 0 Å². The molecule has 2 N–H and O–H groups in total. The fourth-order valence-electron chi connectivity index (χ4n) is 1.53. The van der Waals surface area contributed by atoms with E-state index in [1.54, 1.807) is 0 Å². The summed E-state index contributed by atoms with van der Waals surface area (Å²) >= 11 is 0. The normalized spacial score (nSPS) is 19.3. The van der Waals surface area contributed by atoms with Crippen LogP contribution < -0.4 is 10.6 Å². The highest BCUT2D eigenvalue weighted by Crippen LogP contribution is 2.06. The molecule has 1 aliphatic heterocycles. The molecular formula is C10H10FN3O2. The summed E-state index contributed by atoms with van der Waals surface area (Å²) in [6.07, 6.45) is 2.56. The molecule has 0 spiro atoms. The zero-order chi connectivity index (χ0) is 11.5. The number of hydrogen-bond donors (Lipinski definition) is 2. The van der Waals surface area contributed by atoms with Gasteiger partial charge in [0, 0.05) is 19.2 Å². The summed E-state index contributed by atoms with van der Waals surface area (Å²) in [5, 5.41) is 5.16. The molecule has 2 rings (SSSR count). The van der Waals surface area contributed by atoms with Crippen molar-refractivity contribution in [2.45, 2.75) is 12.5 Å². The number of hydrogen-bond acceptors (Lipinski definition) is 3. The van der Waals surface area contributed by atoms with Gasteiger partial charge in [0.05, 0.1) is 17.8 Å². The molecule has 84 valence electrons. The van der Waals surface area contributed by atoms with Gasteiger partial charge < -0.3 is 10.6 Å². The van der Waals surface area contributed by atoms with Gasteiger partial charge in [-0.05, 0) is 6.07 Å². The first-order valence-electron chi connectivity index (χ1n) is 4.84. The number of nitrogens with zero attached hydrogens (tertiary/aromatic N) is 1. The Balaban J connectivity index is 2.03. The first kappa shape index (κ1) is 10.5. The van der Waals surface area contributed by atoms with Crippen LogP contribution in [0.25, 0.3) is 0 Å². The van der Waals surface area contributed by atoms with Crippen molar-refractivity contribution in [2.75, 3.05) is 6.54 Å². The summed E-state index contributed by atoms with van der Waals surface area (Å²) in [5.41, 5.74) is -0.0608. The molecule has 0 aliphatic carbocycles. The minimum absolute atomic E-state index is 0.0608. The molecule has 1 fully saturated rings. The molecule has 1 aromatic heterocycles. The molecule has 0 aromatic carbocycles. The number of aromatic nitrogens is 1. The third-order valence-corrected chi connectivity index (χ3v) is 2.33. The standard InChI is InChI=1S/C10H10FN3O2/c11-8-5-12-2-1-7(8)10(16)14-6-3-9(15)13-4-6/h1-2,5-6H,3-4H2,(H,13,15)(H,14,16). The number of amides is 2. The molecule has 1 saturated heterocycles. The molecule has 0 bridgehead atoms. The first-order chi connectivity index (χ1) is 7.66. The van der Waals surface area contributed by atoms with E-state index in [2.05, 4.69) is 15.6 Å². The van der Waals surface area contributed by atoms with E-state index in [0.717, 1.165) is 6.20 Å². The van der Waals surface area contributed by atoms with E-state index in [-0.39, 0.29) is 23.9 Å². The average molecular weight is 223 g/mol. The Morgan fingerprint density at radius 1 is 1.62 bits per heavy atom. The molecule has 0 saturated carbocycles. The van der Waals surface area contributed by atoms with E-state index in [1.807, 2.05) is 0 Å². The van der Waals surface area contributed by atoms with Gasteiger partial charge in [-0.25, -0.2) is 4.39 Å². The maximum atomic E-state index is 13.2. The third kappa shape index (κ3) is 2.16. The zero-order valence-electron chi connectivity index (χ0n) is 8.37. The Labute approximate surface area is 91.1 Å². The maximum absolute atomic E-state index is 13.2. The van der Waals surface area contributed by atoms with Gasteiger partial charge in [0.25, 0.3) is 5.91 Å². The highest BCUT2D eigenvalue weighted by atomic mass is 19.1. The smallest absolute Gasteiger partial charge is 0.254 e. The van der Waals surface area contributed by atoms with Crippen LogP contribution in [-0.4, -0.2) is 29.4 Å². The van der Waals surface area contributed by atoms with E-state index < -0.39 is 11.7 Å². The van der Waals surface area contributed by atoms with E-state index in [9.17, 15) is 14.0 Å². The Kier molecular flexibility index (Phi) is 2.80. The van der Waals surface area contributed by atoms with E-state index in [4.69, 9.17) is 0 Å². The van der Waals surface area contributed by atoms with Gasteiger partial charge in [-0.3, -0.25) is 14.6 Å². The number of pyridine rings is 1. The summed E-state index contributed by atoms with van der Waals surface area (Å²) < 4.78 is 13.2. The van der Waals surface area contributed by atoms with Crippen LogP contribution in [0, 0.1) is 5.82 Å². The largest absolute Gasteiger partial charge is 0.354 e. The molecule has 2 heterocycles. The molecule has 16 heavy (non-hydrogen) atoms. The van der Waals surface area contributed by atoms with Gasteiger partial charge in [0.1, 0.15) is 0 Å². The summed E-state index contributed by atoms with van der Waals surface area (Å²) in [6.45, 7) is 0.386. The van der Waals surface area contributed by atoms with Crippen LogP contribution in [-0.2, 0) is 4.79 Å². The van der Waals surface area contributed by atoms with Crippen molar-refractivity contribution in [3.05, 3.63) is 29.8 Å². The van der Waals surface area contributed by atoms with Crippen molar-refractivity contribution in [3.8, 4) is 0 Å². The highest BCUT2D eigenvalue weighted by molar-refractivity contribution is 5.95. The number of halogens is 1. The van der Waals surface area contributed by atoms with Crippen LogP contribution in [0.2, 0.25) is 0 Å². The van der Waals surface area contributed by atoms with Crippen LogP contribution in [0.1, 0.15) is 16.8 Å². The number of rotatable bonds is 2. The predicted octanol–water partition coefficient (Wildman–Crippen LogP) is -0.161. The lowest BCUT2D eigenvalue weighted by Crippen LogP contribution is -2.36. The molecule has 1 aliphatic rings. The van der Waals surface area contributed by atoms with E-state index >= 15 is 0 Å². The molecule has 2 amide bonds. The second-order valence-corrected chi connectivity index (χ2v) is 3.53. The average Bonchev–Trinajstić information content (AvgIpc) is 2.64. The van der Waals surface area contributed by atoms with Crippen LogP contribution in [0.3, 0.4) is 0 Å². The quantitative estimate of drug-likeness (QED) is 0.731. The zero-order valence-corrected chi connectivity index (χ0v) is 8.37. The minimum Gasteiger partial charge on any atom is -0.354 e. The van der Waals surface area contributed by atoms with Crippen molar-refractivity contribution >= 4 is 11.8 Å². The Morgan fingerprint density at radius 2 is 2.44 bits per heavy atom. The van der Waals surface area contributed by atoms with Crippen molar-refractivity contribution < 1.29 is 14.0 Å². The van der Waals surface area contributed by atoms with E-state index in [1.165, 1.54) is 12.3 Å². The molecule has 0 radical (unpaired) electrons. The van der Waals surface area contributed by atoms with E-state index in [0.29, 0.717) is 6.54 Å². The predicted molar refractivity (Wildman–Crippen MR) is 53.1 cm³/mol. The molecule has 1 aromatic rings. The Morgan fingerprint density at radius 3 is 3.06 bits per heavy atom. The summed E-state index contributed by atoms with van der Waals surface area (Å²) in [5.74, 6) is -1.31. The lowest BCUT2D eigenvalue weighted by atomic mass is 10.2. The number of carbonyl (C=O) groups is 2. The second kappa shape index (κ2) is 4.26. The highest BCUT2D eigenvalue weighted by Gasteiger charge is 2.24. The van der Waals surface area contributed by atoms with Crippen molar-refractivity contribution in [3.63, 3.8) is 0 Å². The lowest BCUT2D eigenvalue weighted by Gasteiger charge is -2.10. The lowest BCUT2D eigenvalue weighted by molar-refractivity contribution is -0.119. The molecule has 6 heteroatoms. The summed E-state index contributed by atoms with van der Waals surface area (Å²) in [6, 6.07) is 1.03. The molecule has 1 atom stereocenters. The summed E-state index contributed by atoms with van der Waals surface area (Å²) in [7, 11) is 0. The van der Waals surface area contributed by atoms with Gasteiger partial charge in [-0.1, -0.05) is 0 Å². The number of nitrogens with one attached hydrogen (secondary N) is 2. The number of carbonyl (C=O) groups excluding carboxylic acids is 2. The van der Waals surface area contributed by atoms with Gasteiger partial charge >= 0.3 is 0 Å². The van der Waals surface area contributed by atoms with Crippen molar-refractivity contribution in [1.29, 1.82) is 0 Å². The minimum atomic E-state index is -0.669. The first-order valence-corrected chi connectivity index (χ1v) is 4.84. The molecule has 1 unspecified atom stereocenters. The SMILES string of the molecule is O=C1CC(NC(=O)c2ccncc2F)CN1. The van der Waals surface area contributed by atoms with Crippen LogP contribution in [0.5, 0.6) is 0 Å². The van der Waals surface area contributed by atoms with Gasteiger partial charge in [0.15, 0.2) is 5.82 Å². The Bertz CT molecular complexity index is 436. The monoisotopic (exact) mass is 223 g/mol. The van der Waals surface area contributed by atoms with Gasteiger partial charge in [-0.15, -0.1) is 0 Å². The molecule has 5 nitrogen and oxygen atoms in total. The maximum Gasteiger partial charge on any atom is 0.254 e. The van der Waals surface area contributed by atoms with Gasteiger partial charge in [-0.2, -0.15) is 0 Å². The van der Waals surface area contributed by atoms with Crippen LogP contribution >= 0.6 is 0 Å². The van der Waals surface area contributed by atoms with Crippen molar-refractivity contribution in [1.82, 2.24) is 15.6 Å². The fraction of sp³-hybridized carbons (Fsp3) is 0.300. The topological polar surface area (TPSA) is 71.1 Å². The van der Waals surface area contributed by atoms with Crippen LogP contribution in [0.4, 0.5) is 4.39 Å². The third-order valence-electron chi connectivity index (χ3n) is 2.33. The Hall–Kier alpha value is -1.98.